The van der Waals surface area contributed by atoms with E-state index in [4.69, 9.17) is 25.6 Å². The first-order valence-corrected chi connectivity index (χ1v) is 13.3. The first-order chi connectivity index (χ1) is 18.9. The van der Waals surface area contributed by atoms with Crippen LogP contribution in [0.3, 0.4) is 0 Å². The molecule has 1 unspecified atom stereocenters. The summed E-state index contributed by atoms with van der Waals surface area (Å²) in [6, 6.07) is 6.03. The molecule has 0 saturated carbocycles. The Morgan fingerprint density at radius 3 is 2.79 bits per heavy atom. The van der Waals surface area contributed by atoms with Crippen molar-refractivity contribution in [3.05, 3.63) is 70.9 Å². The third-order valence-corrected chi connectivity index (χ3v) is 7.04. The second-order valence-electron chi connectivity index (χ2n) is 9.88. The molecule has 39 heavy (non-hydrogen) atoms. The maximum absolute atomic E-state index is 13.3. The van der Waals surface area contributed by atoms with Gasteiger partial charge in [-0.15, -0.1) is 6.42 Å². The van der Waals surface area contributed by atoms with Crippen molar-refractivity contribution in [2.45, 2.75) is 38.8 Å². The van der Waals surface area contributed by atoms with Gasteiger partial charge in [0, 0.05) is 62.7 Å². The van der Waals surface area contributed by atoms with Crippen LogP contribution >= 0.6 is 0 Å². The highest BCUT2D eigenvalue weighted by molar-refractivity contribution is 6.09. The minimum Gasteiger partial charge on any atom is -0.493 e. The van der Waals surface area contributed by atoms with Gasteiger partial charge >= 0.3 is 0 Å². The topological polar surface area (TPSA) is 75.6 Å². The van der Waals surface area contributed by atoms with Crippen LogP contribution < -0.4 is 5.32 Å². The molecule has 0 spiro atoms. The fourth-order valence-corrected chi connectivity index (χ4v) is 5.22. The van der Waals surface area contributed by atoms with Crippen LogP contribution in [-0.2, 0) is 19.0 Å². The van der Waals surface area contributed by atoms with Gasteiger partial charge in [-0.2, -0.15) is 0 Å². The average Bonchev–Trinajstić information content (AvgIpc) is 3.21. The molecule has 0 radical (unpaired) electrons. The van der Waals surface area contributed by atoms with Gasteiger partial charge in [-0.3, -0.25) is 4.79 Å². The molecule has 8 heteroatoms. The van der Waals surface area contributed by atoms with Crippen LogP contribution in [0.25, 0.3) is 5.57 Å². The molecule has 8 nitrogen and oxygen atoms in total. The zero-order valence-corrected chi connectivity index (χ0v) is 23.5. The molecular weight excluding hydrogens is 492 g/mol. The fourth-order valence-electron chi connectivity index (χ4n) is 5.22. The highest BCUT2D eigenvalue weighted by Gasteiger charge is 2.39. The summed E-state index contributed by atoms with van der Waals surface area (Å²) >= 11 is 0. The molecule has 1 aromatic rings. The summed E-state index contributed by atoms with van der Waals surface area (Å²) in [6.45, 7) is 6.02. The number of rotatable bonds is 6. The van der Waals surface area contributed by atoms with Crippen molar-refractivity contribution in [1.82, 2.24) is 9.80 Å². The second kappa shape index (κ2) is 12.8. The van der Waals surface area contributed by atoms with Gasteiger partial charge in [-0.25, -0.2) is 4.99 Å². The third-order valence-electron chi connectivity index (χ3n) is 7.04. The monoisotopic (exact) mass is 530 g/mol. The minimum atomic E-state index is -0.471. The first kappa shape index (κ1) is 28.2. The van der Waals surface area contributed by atoms with E-state index in [9.17, 15) is 4.79 Å². The Morgan fingerprint density at radius 1 is 1.26 bits per heavy atom. The molecular formula is C31H38N4O4. The molecule has 0 aromatic heterocycles. The zero-order chi connectivity index (χ0) is 27.9. The zero-order valence-electron chi connectivity index (χ0n) is 23.5. The first-order valence-electron chi connectivity index (χ1n) is 13.3. The number of nitrogens with zero attached hydrogens (tertiary/aromatic N) is 3. The number of terminal acetylenes is 1. The Balaban J connectivity index is 1.81. The molecule has 2 atom stereocenters. The maximum Gasteiger partial charge on any atom is 0.252 e. The molecule has 1 saturated heterocycles. The van der Waals surface area contributed by atoms with Gasteiger partial charge in [-0.1, -0.05) is 23.6 Å². The smallest absolute Gasteiger partial charge is 0.252 e. The number of hydrogen-bond acceptors (Lipinski definition) is 7. The van der Waals surface area contributed by atoms with Crippen LogP contribution in [0.1, 0.15) is 37.8 Å². The highest BCUT2D eigenvalue weighted by atomic mass is 16.5. The van der Waals surface area contributed by atoms with E-state index < -0.39 is 6.10 Å². The third kappa shape index (κ3) is 6.44. The van der Waals surface area contributed by atoms with Crippen molar-refractivity contribution in [2.24, 2.45) is 4.99 Å². The van der Waals surface area contributed by atoms with Gasteiger partial charge in [0.15, 0.2) is 5.76 Å². The molecule has 1 N–H and O–H groups in total. The SMILES string of the molecule is C#Cc1cc2cc(c1)/C(C=CC)=C1N=C(/C=C(/C)CC3C[C@@H](OCCOC)C(=O)N3CCN2)C(OC)=CN\1C. The largest absolute Gasteiger partial charge is 0.493 e. The number of anilines is 1. The highest BCUT2D eigenvalue weighted by Crippen LogP contribution is 2.32. The Bertz CT molecular complexity index is 1280. The van der Waals surface area contributed by atoms with E-state index in [-0.39, 0.29) is 11.9 Å². The predicted molar refractivity (Wildman–Crippen MR) is 155 cm³/mol. The maximum atomic E-state index is 13.3. The quantitative estimate of drug-likeness (QED) is 0.439. The van der Waals surface area contributed by atoms with E-state index in [0.29, 0.717) is 44.9 Å². The van der Waals surface area contributed by atoms with E-state index in [0.717, 1.165) is 39.5 Å². The summed E-state index contributed by atoms with van der Waals surface area (Å²) < 4.78 is 16.7. The van der Waals surface area contributed by atoms with E-state index in [1.807, 2.05) is 54.3 Å². The lowest BCUT2D eigenvalue weighted by molar-refractivity contribution is -0.138. The molecule has 1 aromatic carbocycles. The van der Waals surface area contributed by atoms with Gasteiger partial charge in [0.25, 0.3) is 5.91 Å². The lowest BCUT2D eigenvalue weighted by atomic mass is 10.00. The number of hydrogen-bond donors (Lipinski definition) is 1. The second-order valence-corrected chi connectivity index (χ2v) is 9.88. The van der Waals surface area contributed by atoms with Crippen molar-refractivity contribution in [3.63, 3.8) is 0 Å². The standard InChI is InChI=1S/C31H38N4O4/c1-7-9-26-23-16-22(8-2)17-24(18-23)32-10-11-35-25(19-28(31(35)36)39-13-12-37-5)14-21(3)15-27-29(38-6)20-34(4)30(26)33-27/h2,7,9,15-18,20,25,28,32H,10-14,19H2,1,3-6H3/b9-7?,21-15-,30-26+/t25?,28-/m1/s1. The summed E-state index contributed by atoms with van der Waals surface area (Å²) in [4.78, 5) is 22.3. The number of methoxy groups -OCH3 is 2. The number of carbonyl (C=O) groups excluding carboxylic acids is 1. The van der Waals surface area contributed by atoms with Crippen LogP contribution in [0.15, 0.2) is 64.8 Å². The summed E-state index contributed by atoms with van der Waals surface area (Å²) in [5.74, 6) is 4.25. The van der Waals surface area contributed by atoms with E-state index >= 15 is 0 Å². The van der Waals surface area contributed by atoms with Crippen molar-refractivity contribution < 1.29 is 19.0 Å². The van der Waals surface area contributed by atoms with Crippen LogP contribution in [0.4, 0.5) is 5.69 Å². The van der Waals surface area contributed by atoms with Crippen LogP contribution in [0, 0.1) is 12.3 Å². The Morgan fingerprint density at radius 2 is 2.08 bits per heavy atom. The number of amides is 1. The van der Waals surface area contributed by atoms with Crippen LogP contribution in [-0.4, -0.2) is 81.1 Å². The number of carbonyl (C=O) groups is 1. The molecule has 3 aliphatic rings. The van der Waals surface area contributed by atoms with Crippen LogP contribution in [0.5, 0.6) is 0 Å². The number of fused-ring (bicyclic) bond motifs is 4. The van der Waals surface area contributed by atoms with Gasteiger partial charge < -0.3 is 29.3 Å². The van der Waals surface area contributed by atoms with Gasteiger partial charge in [0.05, 0.1) is 20.3 Å². The number of benzene rings is 1. The van der Waals surface area contributed by atoms with E-state index in [1.54, 1.807) is 14.2 Å². The lowest BCUT2D eigenvalue weighted by Crippen LogP contribution is -2.38. The summed E-state index contributed by atoms with van der Waals surface area (Å²) in [5.41, 5.74) is 5.37. The Hall–Kier alpha value is -3.80. The minimum absolute atomic E-state index is 0.0104. The average molecular weight is 531 g/mol. The van der Waals surface area contributed by atoms with E-state index in [2.05, 4.69) is 30.3 Å². The van der Waals surface area contributed by atoms with Crippen molar-refractivity contribution in [2.75, 3.05) is 52.9 Å². The van der Waals surface area contributed by atoms with Crippen LogP contribution in [0.2, 0.25) is 0 Å². The summed E-state index contributed by atoms with van der Waals surface area (Å²) in [6.07, 6.45) is 14.7. The number of nitrogens with one attached hydrogen (secondary N) is 1. The van der Waals surface area contributed by atoms with E-state index in [1.165, 1.54) is 0 Å². The molecule has 1 fully saturated rings. The number of aliphatic imine (C=N–C) groups is 1. The molecule has 206 valence electrons. The molecule has 4 rings (SSSR count). The summed E-state index contributed by atoms with van der Waals surface area (Å²) in [5, 5.41) is 3.49. The molecule has 3 aliphatic heterocycles. The summed E-state index contributed by atoms with van der Waals surface area (Å²) in [7, 11) is 5.23. The predicted octanol–water partition coefficient (Wildman–Crippen LogP) is 4.18. The molecule has 3 heterocycles. The fraction of sp³-hybridized carbons (Fsp3) is 0.419. The van der Waals surface area contributed by atoms with Crippen molar-refractivity contribution in [3.8, 4) is 12.3 Å². The Labute approximate surface area is 231 Å². The molecule has 0 aliphatic carbocycles. The van der Waals surface area contributed by atoms with Gasteiger partial charge in [0.1, 0.15) is 17.6 Å². The lowest BCUT2D eigenvalue weighted by Gasteiger charge is -2.26. The molecule has 4 bridgehead atoms. The normalized spacial score (nSPS) is 25.0. The molecule has 1 amide bonds. The van der Waals surface area contributed by atoms with Gasteiger partial charge in [0.2, 0.25) is 0 Å². The number of ether oxygens (including phenoxy) is 3. The number of allylic oxidation sites excluding steroid dienone is 4. The van der Waals surface area contributed by atoms with Gasteiger partial charge in [-0.05, 0) is 50.1 Å². The van der Waals surface area contributed by atoms with Crippen molar-refractivity contribution >= 4 is 22.9 Å². The Kier molecular flexibility index (Phi) is 9.28. The van der Waals surface area contributed by atoms with Crippen molar-refractivity contribution in [1.29, 1.82) is 0 Å².